The maximum Gasteiger partial charge on any atom is 0.255 e. The third-order valence-corrected chi connectivity index (χ3v) is 7.01. The maximum absolute atomic E-state index is 12.7. The van der Waals surface area contributed by atoms with Gasteiger partial charge in [0.25, 0.3) is 5.91 Å². The Hall–Kier alpha value is -1.51. The van der Waals surface area contributed by atoms with Crippen molar-refractivity contribution in [2.75, 3.05) is 7.11 Å². The van der Waals surface area contributed by atoms with Crippen molar-refractivity contribution in [3.8, 4) is 5.75 Å². The second-order valence-corrected chi connectivity index (χ2v) is 8.86. The molecule has 0 atom stereocenters. The van der Waals surface area contributed by atoms with E-state index in [2.05, 4.69) is 17.4 Å². The number of hydrogen-bond acceptors (Lipinski definition) is 2. The zero-order chi connectivity index (χ0) is 16.3. The fourth-order valence-corrected chi connectivity index (χ4v) is 6.17. The summed E-state index contributed by atoms with van der Waals surface area (Å²) in [6.07, 6.45) is 10.6. The topological polar surface area (TPSA) is 38.3 Å². The van der Waals surface area contributed by atoms with Gasteiger partial charge in [0.15, 0.2) is 0 Å². The Morgan fingerprint density at radius 2 is 1.71 bits per heavy atom. The van der Waals surface area contributed by atoms with Crippen LogP contribution in [0, 0.1) is 17.8 Å². The summed E-state index contributed by atoms with van der Waals surface area (Å²) < 4.78 is 5.48. The molecule has 5 aliphatic carbocycles. The molecular weight excluding hydrogens is 298 g/mol. The molecule has 0 aliphatic heterocycles. The standard InChI is InChI=1S/C21H27NO2/c1-24-19-5-2-16(9-18(19)20(23)22-17-3-4-17)21-10-13-6-14(11-21)8-15(7-13)12-21/h2,5,9,13-15,17H,3-4,6-8,10-12H2,1H3,(H,22,23). The van der Waals surface area contributed by atoms with Crippen molar-refractivity contribution < 1.29 is 9.53 Å². The van der Waals surface area contributed by atoms with E-state index >= 15 is 0 Å². The van der Waals surface area contributed by atoms with Gasteiger partial charge < -0.3 is 10.1 Å². The van der Waals surface area contributed by atoms with Crippen LogP contribution >= 0.6 is 0 Å². The predicted octanol–water partition coefficient (Wildman–Crippen LogP) is 4.06. The second-order valence-electron chi connectivity index (χ2n) is 8.86. The van der Waals surface area contributed by atoms with Gasteiger partial charge in [-0.25, -0.2) is 0 Å². The first-order valence-electron chi connectivity index (χ1n) is 9.64. The van der Waals surface area contributed by atoms with Crippen LogP contribution in [0.2, 0.25) is 0 Å². The van der Waals surface area contributed by atoms with E-state index in [1.54, 1.807) is 7.11 Å². The molecule has 1 aromatic carbocycles. The molecule has 128 valence electrons. The number of methoxy groups -OCH3 is 1. The van der Waals surface area contributed by atoms with Gasteiger partial charge in [-0.05, 0) is 92.2 Å². The average Bonchev–Trinajstić information content (AvgIpc) is 3.37. The monoisotopic (exact) mass is 325 g/mol. The number of benzene rings is 1. The molecule has 5 saturated carbocycles. The third kappa shape index (κ3) is 2.35. The van der Waals surface area contributed by atoms with Crippen molar-refractivity contribution in [2.45, 2.75) is 62.8 Å². The van der Waals surface area contributed by atoms with E-state index in [1.165, 1.54) is 44.1 Å². The third-order valence-electron chi connectivity index (χ3n) is 7.01. The fraction of sp³-hybridized carbons (Fsp3) is 0.667. The minimum absolute atomic E-state index is 0.0425. The van der Waals surface area contributed by atoms with E-state index in [0.29, 0.717) is 17.2 Å². The van der Waals surface area contributed by atoms with Crippen molar-refractivity contribution in [3.63, 3.8) is 0 Å². The van der Waals surface area contributed by atoms with Crippen LogP contribution in [-0.2, 0) is 5.41 Å². The molecule has 0 radical (unpaired) electrons. The highest BCUT2D eigenvalue weighted by Crippen LogP contribution is 2.60. The van der Waals surface area contributed by atoms with Crippen molar-refractivity contribution in [1.29, 1.82) is 0 Å². The van der Waals surface area contributed by atoms with Crippen LogP contribution in [0.25, 0.3) is 0 Å². The normalized spacial score (nSPS) is 36.6. The van der Waals surface area contributed by atoms with Gasteiger partial charge in [-0.2, -0.15) is 0 Å². The first-order valence-corrected chi connectivity index (χ1v) is 9.64. The summed E-state index contributed by atoms with van der Waals surface area (Å²) in [6.45, 7) is 0. The Balaban J connectivity index is 1.50. The zero-order valence-electron chi connectivity index (χ0n) is 14.5. The van der Waals surface area contributed by atoms with E-state index in [4.69, 9.17) is 4.74 Å². The second kappa shape index (κ2) is 5.24. The molecular formula is C21H27NO2. The minimum Gasteiger partial charge on any atom is -0.496 e. The van der Waals surface area contributed by atoms with Gasteiger partial charge in [-0.15, -0.1) is 0 Å². The first kappa shape index (κ1) is 14.8. The molecule has 24 heavy (non-hydrogen) atoms. The lowest BCUT2D eigenvalue weighted by Crippen LogP contribution is -2.48. The highest BCUT2D eigenvalue weighted by Gasteiger charge is 2.51. The molecule has 0 heterocycles. The molecule has 0 saturated heterocycles. The number of nitrogens with one attached hydrogen (secondary N) is 1. The largest absolute Gasteiger partial charge is 0.496 e. The summed E-state index contributed by atoms with van der Waals surface area (Å²) in [7, 11) is 1.66. The summed E-state index contributed by atoms with van der Waals surface area (Å²) >= 11 is 0. The number of carbonyl (C=O) groups is 1. The highest BCUT2D eigenvalue weighted by molar-refractivity contribution is 5.97. The molecule has 3 nitrogen and oxygen atoms in total. The number of amides is 1. The quantitative estimate of drug-likeness (QED) is 0.907. The minimum atomic E-state index is 0.0425. The van der Waals surface area contributed by atoms with Crippen LogP contribution < -0.4 is 10.1 Å². The molecule has 0 unspecified atom stereocenters. The Morgan fingerprint density at radius 1 is 1.08 bits per heavy atom. The van der Waals surface area contributed by atoms with E-state index in [1.807, 2.05) is 6.07 Å². The van der Waals surface area contributed by atoms with Gasteiger partial charge in [-0.1, -0.05) is 6.07 Å². The summed E-state index contributed by atoms with van der Waals surface area (Å²) in [6, 6.07) is 6.80. The molecule has 6 rings (SSSR count). The SMILES string of the molecule is COc1ccc(C23CC4CC(CC(C4)C2)C3)cc1C(=O)NC1CC1. The smallest absolute Gasteiger partial charge is 0.255 e. The van der Waals surface area contributed by atoms with Crippen molar-refractivity contribution >= 4 is 5.91 Å². The molecule has 1 amide bonds. The van der Waals surface area contributed by atoms with Gasteiger partial charge in [0.2, 0.25) is 0 Å². The van der Waals surface area contributed by atoms with Gasteiger partial charge in [0, 0.05) is 6.04 Å². The van der Waals surface area contributed by atoms with Gasteiger partial charge in [-0.3, -0.25) is 4.79 Å². The Morgan fingerprint density at radius 3 is 2.25 bits per heavy atom. The van der Waals surface area contributed by atoms with Gasteiger partial charge in [0.05, 0.1) is 12.7 Å². The maximum atomic E-state index is 12.7. The Bertz CT molecular complexity index is 641. The number of rotatable bonds is 4. The molecule has 5 aliphatic rings. The molecule has 5 fully saturated rings. The number of ether oxygens (including phenoxy) is 1. The molecule has 0 spiro atoms. The summed E-state index contributed by atoms with van der Waals surface area (Å²) in [4.78, 5) is 12.7. The molecule has 1 aromatic rings. The first-order chi connectivity index (χ1) is 11.6. The van der Waals surface area contributed by atoms with Crippen molar-refractivity contribution in [3.05, 3.63) is 29.3 Å². The average molecular weight is 325 g/mol. The molecule has 1 N–H and O–H groups in total. The number of carbonyl (C=O) groups excluding carboxylic acids is 1. The molecule has 3 heteroatoms. The van der Waals surface area contributed by atoms with E-state index in [-0.39, 0.29) is 5.91 Å². The van der Waals surface area contributed by atoms with Crippen LogP contribution in [0.4, 0.5) is 0 Å². The van der Waals surface area contributed by atoms with Crippen LogP contribution in [-0.4, -0.2) is 19.1 Å². The van der Waals surface area contributed by atoms with Crippen LogP contribution in [0.1, 0.15) is 67.3 Å². The lowest BCUT2D eigenvalue weighted by atomic mass is 9.48. The number of hydrogen-bond donors (Lipinski definition) is 1. The summed E-state index contributed by atoms with van der Waals surface area (Å²) in [5, 5.41) is 3.13. The summed E-state index contributed by atoms with van der Waals surface area (Å²) in [5.74, 6) is 3.51. The Kier molecular flexibility index (Phi) is 3.23. The van der Waals surface area contributed by atoms with E-state index in [0.717, 1.165) is 36.2 Å². The van der Waals surface area contributed by atoms with E-state index in [9.17, 15) is 4.79 Å². The fourth-order valence-electron chi connectivity index (χ4n) is 6.17. The van der Waals surface area contributed by atoms with Crippen LogP contribution in [0.5, 0.6) is 5.75 Å². The van der Waals surface area contributed by atoms with Crippen LogP contribution in [0.15, 0.2) is 18.2 Å². The van der Waals surface area contributed by atoms with Crippen LogP contribution in [0.3, 0.4) is 0 Å². The van der Waals surface area contributed by atoms with Gasteiger partial charge in [0.1, 0.15) is 5.75 Å². The Labute approximate surface area is 144 Å². The lowest BCUT2D eigenvalue weighted by Gasteiger charge is -2.57. The zero-order valence-corrected chi connectivity index (χ0v) is 14.5. The van der Waals surface area contributed by atoms with Crippen molar-refractivity contribution in [1.82, 2.24) is 5.32 Å². The van der Waals surface area contributed by atoms with Crippen molar-refractivity contribution in [2.24, 2.45) is 17.8 Å². The highest BCUT2D eigenvalue weighted by atomic mass is 16.5. The van der Waals surface area contributed by atoms with E-state index < -0.39 is 0 Å². The molecule has 4 bridgehead atoms. The summed E-state index contributed by atoms with van der Waals surface area (Å²) in [5.41, 5.74) is 2.45. The lowest BCUT2D eigenvalue weighted by molar-refractivity contribution is -0.00522. The van der Waals surface area contributed by atoms with Gasteiger partial charge >= 0.3 is 0 Å². The predicted molar refractivity (Wildman–Crippen MR) is 93.3 cm³/mol. The molecule has 0 aromatic heterocycles.